The SMILES string of the molecule is CCCNCC(O)CN(C)C(C)(C)CC. The Labute approximate surface area is 94.9 Å². The molecule has 0 aliphatic heterocycles. The molecule has 0 aliphatic carbocycles. The highest BCUT2D eigenvalue weighted by molar-refractivity contribution is 4.79. The van der Waals surface area contributed by atoms with E-state index in [1.54, 1.807) is 0 Å². The molecule has 0 amide bonds. The summed E-state index contributed by atoms with van der Waals surface area (Å²) in [7, 11) is 2.08. The van der Waals surface area contributed by atoms with Gasteiger partial charge in [-0.05, 0) is 40.3 Å². The van der Waals surface area contributed by atoms with Crippen LogP contribution in [0, 0.1) is 0 Å². The minimum absolute atomic E-state index is 0.172. The minimum atomic E-state index is -0.271. The maximum atomic E-state index is 9.80. The van der Waals surface area contributed by atoms with E-state index in [2.05, 4.69) is 45.0 Å². The first-order valence-corrected chi connectivity index (χ1v) is 6.04. The lowest BCUT2D eigenvalue weighted by Gasteiger charge is -2.36. The lowest BCUT2D eigenvalue weighted by atomic mass is 9.99. The van der Waals surface area contributed by atoms with Gasteiger partial charge >= 0.3 is 0 Å². The maximum absolute atomic E-state index is 9.80. The van der Waals surface area contributed by atoms with Crippen LogP contribution in [0.25, 0.3) is 0 Å². The molecule has 92 valence electrons. The number of hydrogen-bond acceptors (Lipinski definition) is 3. The third-order valence-electron chi connectivity index (χ3n) is 3.19. The molecule has 0 spiro atoms. The summed E-state index contributed by atoms with van der Waals surface area (Å²) in [5, 5.41) is 13.0. The first-order valence-electron chi connectivity index (χ1n) is 6.04. The van der Waals surface area contributed by atoms with Crippen LogP contribution in [0.15, 0.2) is 0 Å². The molecule has 0 aliphatic rings. The number of aliphatic hydroxyl groups is 1. The highest BCUT2D eigenvalue weighted by Crippen LogP contribution is 2.16. The average molecular weight is 216 g/mol. The zero-order valence-electron chi connectivity index (χ0n) is 11.0. The van der Waals surface area contributed by atoms with E-state index in [-0.39, 0.29) is 11.6 Å². The van der Waals surface area contributed by atoms with Gasteiger partial charge in [0.25, 0.3) is 0 Å². The summed E-state index contributed by atoms with van der Waals surface area (Å²) >= 11 is 0. The molecule has 0 saturated carbocycles. The molecule has 0 rings (SSSR count). The quantitative estimate of drug-likeness (QED) is 0.603. The zero-order valence-corrected chi connectivity index (χ0v) is 11.0. The molecule has 2 N–H and O–H groups in total. The van der Waals surface area contributed by atoms with Crippen molar-refractivity contribution in [2.75, 3.05) is 26.7 Å². The van der Waals surface area contributed by atoms with Crippen LogP contribution in [-0.4, -0.2) is 48.3 Å². The molecule has 0 heterocycles. The van der Waals surface area contributed by atoms with Gasteiger partial charge in [0.1, 0.15) is 0 Å². The van der Waals surface area contributed by atoms with Gasteiger partial charge < -0.3 is 10.4 Å². The van der Waals surface area contributed by atoms with E-state index in [4.69, 9.17) is 0 Å². The molecule has 1 unspecified atom stereocenters. The number of aliphatic hydroxyl groups excluding tert-OH is 1. The molecule has 15 heavy (non-hydrogen) atoms. The third-order valence-corrected chi connectivity index (χ3v) is 3.19. The molecule has 0 saturated heterocycles. The van der Waals surface area contributed by atoms with E-state index in [1.165, 1.54) is 0 Å². The van der Waals surface area contributed by atoms with Gasteiger partial charge in [0.05, 0.1) is 6.10 Å². The fourth-order valence-corrected chi connectivity index (χ4v) is 1.34. The van der Waals surface area contributed by atoms with Crippen LogP contribution in [-0.2, 0) is 0 Å². The summed E-state index contributed by atoms with van der Waals surface area (Å²) in [5.41, 5.74) is 0.172. The third kappa shape index (κ3) is 6.13. The summed E-state index contributed by atoms with van der Waals surface area (Å²) < 4.78 is 0. The first kappa shape index (κ1) is 14.9. The van der Waals surface area contributed by atoms with E-state index in [9.17, 15) is 5.11 Å². The Kier molecular flexibility index (Phi) is 7.14. The number of rotatable bonds is 8. The van der Waals surface area contributed by atoms with Crippen molar-refractivity contribution >= 4 is 0 Å². The van der Waals surface area contributed by atoms with Crippen molar-refractivity contribution in [3.05, 3.63) is 0 Å². The van der Waals surface area contributed by atoms with Gasteiger partial charge in [0.2, 0.25) is 0 Å². The molecule has 0 radical (unpaired) electrons. The lowest BCUT2D eigenvalue weighted by molar-refractivity contribution is 0.0687. The number of likely N-dealkylation sites (N-methyl/N-ethyl adjacent to an activating group) is 1. The van der Waals surface area contributed by atoms with E-state index in [1.807, 2.05) is 0 Å². The first-order chi connectivity index (χ1) is 6.94. The molecule has 0 aromatic heterocycles. The Morgan fingerprint density at radius 1 is 1.33 bits per heavy atom. The van der Waals surface area contributed by atoms with Crippen molar-refractivity contribution in [1.82, 2.24) is 10.2 Å². The topological polar surface area (TPSA) is 35.5 Å². The van der Waals surface area contributed by atoms with Crippen LogP contribution < -0.4 is 5.32 Å². The molecular weight excluding hydrogens is 188 g/mol. The normalized spacial score (nSPS) is 14.6. The molecule has 1 atom stereocenters. The smallest absolute Gasteiger partial charge is 0.0791 e. The van der Waals surface area contributed by atoms with Crippen LogP contribution >= 0.6 is 0 Å². The highest BCUT2D eigenvalue weighted by Gasteiger charge is 2.22. The van der Waals surface area contributed by atoms with E-state index in [0.29, 0.717) is 6.54 Å². The van der Waals surface area contributed by atoms with Crippen molar-refractivity contribution < 1.29 is 5.11 Å². The van der Waals surface area contributed by atoms with Gasteiger partial charge in [0.15, 0.2) is 0 Å². The largest absolute Gasteiger partial charge is 0.390 e. The lowest BCUT2D eigenvalue weighted by Crippen LogP contribution is -2.46. The predicted octanol–water partition coefficient (Wildman–Crippen LogP) is 1.47. The molecule has 0 aromatic rings. The average Bonchev–Trinajstić information content (AvgIpc) is 2.18. The summed E-state index contributed by atoms with van der Waals surface area (Å²) in [6.45, 7) is 11.1. The second-order valence-corrected chi connectivity index (χ2v) is 4.90. The molecule has 0 aromatic carbocycles. The fourth-order valence-electron chi connectivity index (χ4n) is 1.34. The zero-order chi connectivity index (χ0) is 11.9. The van der Waals surface area contributed by atoms with E-state index >= 15 is 0 Å². The van der Waals surface area contributed by atoms with Gasteiger partial charge in [-0.15, -0.1) is 0 Å². The van der Waals surface area contributed by atoms with E-state index in [0.717, 1.165) is 25.9 Å². The highest BCUT2D eigenvalue weighted by atomic mass is 16.3. The Balaban J connectivity index is 3.80. The number of hydrogen-bond donors (Lipinski definition) is 2. The van der Waals surface area contributed by atoms with Crippen LogP contribution in [0.3, 0.4) is 0 Å². The summed E-state index contributed by atoms with van der Waals surface area (Å²) in [6.07, 6.45) is 1.94. The van der Waals surface area contributed by atoms with Gasteiger partial charge in [-0.2, -0.15) is 0 Å². The minimum Gasteiger partial charge on any atom is -0.390 e. The molecule has 3 nitrogen and oxygen atoms in total. The van der Waals surface area contributed by atoms with Gasteiger partial charge in [-0.1, -0.05) is 13.8 Å². The number of β-amino-alcohol motifs (C(OH)–C–C–N with tert-alkyl or cyclic N) is 1. The fraction of sp³-hybridized carbons (Fsp3) is 1.00. The summed E-state index contributed by atoms with van der Waals surface area (Å²) in [4.78, 5) is 2.23. The molecule has 3 heteroatoms. The molecule has 0 fully saturated rings. The van der Waals surface area contributed by atoms with Crippen molar-refractivity contribution in [3.63, 3.8) is 0 Å². The van der Waals surface area contributed by atoms with E-state index < -0.39 is 0 Å². The Hall–Kier alpha value is -0.120. The number of nitrogens with zero attached hydrogens (tertiary/aromatic N) is 1. The second-order valence-electron chi connectivity index (χ2n) is 4.90. The van der Waals surface area contributed by atoms with Crippen molar-refractivity contribution in [3.8, 4) is 0 Å². The molecular formula is C12H28N2O. The molecule has 0 bridgehead atoms. The van der Waals surface area contributed by atoms with Crippen LogP contribution in [0.4, 0.5) is 0 Å². The Morgan fingerprint density at radius 3 is 2.40 bits per heavy atom. The number of nitrogens with one attached hydrogen (secondary N) is 1. The van der Waals surface area contributed by atoms with Gasteiger partial charge in [0, 0.05) is 18.6 Å². The Bertz CT molecular complexity index is 160. The van der Waals surface area contributed by atoms with Crippen molar-refractivity contribution in [2.45, 2.75) is 52.2 Å². The summed E-state index contributed by atoms with van der Waals surface area (Å²) in [5.74, 6) is 0. The van der Waals surface area contributed by atoms with Gasteiger partial charge in [-0.3, -0.25) is 4.90 Å². The van der Waals surface area contributed by atoms with Crippen LogP contribution in [0.2, 0.25) is 0 Å². The standard InChI is InChI=1S/C12H28N2O/c1-6-8-13-9-11(15)10-14(5)12(3,4)7-2/h11,13,15H,6-10H2,1-5H3. The predicted molar refractivity (Wildman–Crippen MR) is 66.2 cm³/mol. The Morgan fingerprint density at radius 2 is 1.93 bits per heavy atom. The van der Waals surface area contributed by atoms with Crippen molar-refractivity contribution in [1.29, 1.82) is 0 Å². The van der Waals surface area contributed by atoms with Crippen LogP contribution in [0.1, 0.15) is 40.5 Å². The van der Waals surface area contributed by atoms with Gasteiger partial charge in [-0.25, -0.2) is 0 Å². The van der Waals surface area contributed by atoms with Crippen molar-refractivity contribution in [2.24, 2.45) is 0 Å². The maximum Gasteiger partial charge on any atom is 0.0791 e. The van der Waals surface area contributed by atoms with Crippen LogP contribution in [0.5, 0.6) is 0 Å². The monoisotopic (exact) mass is 216 g/mol. The summed E-state index contributed by atoms with van der Waals surface area (Å²) in [6, 6.07) is 0. The second kappa shape index (κ2) is 7.20.